The van der Waals surface area contributed by atoms with Gasteiger partial charge in [-0.1, -0.05) is 44.2 Å². The summed E-state index contributed by atoms with van der Waals surface area (Å²) < 4.78 is 0. The lowest BCUT2D eigenvalue weighted by Crippen LogP contribution is -2.43. The Morgan fingerprint density at radius 3 is 2.58 bits per heavy atom. The molecule has 1 fully saturated rings. The van der Waals surface area contributed by atoms with Crippen LogP contribution in [0.1, 0.15) is 52.0 Å². The van der Waals surface area contributed by atoms with Crippen molar-refractivity contribution in [2.24, 2.45) is 11.8 Å². The van der Waals surface area contributed by atoms with E-state index in [-0.39, 0.29) is 0 Å². The van der Waals surface area contributed by atoms with Crippen molar-refractivity contribution in [3.05, 3.63) is 35.9 Å². The second-order valence-corrected chi connectivity index (χ2v) is 6.59. The molecule has 1 aliphatic carbocycles. The van der Waals surface area contributed by atoms with Gasteiger partial charge in [0.05, 0.1) is 0 Å². The Morgan fingerprint density at radius 1 is 1.16 bits per heavy atom. The van der Waals surface area contributed by atoms with Crippen LogP contribution in [0.3, 0.4) is 0 Å². The highest BCUT2D eigenvalue weighted by Crippen LogP contribution is 2.29. The zero-order chi connectivity index (χ0) is 13.7. The topological polar surface area (TPSA) is 12.0 Å². The average Bonchev–Trinajstić information content (AvgIpc) is 2.41. The van der Waals surface area contributed by atoms with Gasteiger partial charge >= 0.3 is 0 Å². The Balaban J connectivity index is 1.73. The first-order chi connectivity index (χ1) is 9.15. The minimum atomic E-state index is 0.626. The monoisotopic (exact) mass is 259 g/mol. The van der Waals surface area contributed by atoms with Gasteiger partial charge in [0.25, 0.3) is 0 Å². The molecule has 1 aromatic rings. The van der Waals surface area contributed by atoms with Crippen molar-refractivity contribution in [1.82, 2.24) is 5.32 Å². The van der Waals surface area contributed by atoms with Crippen LogP contribution >= 0.6 is 0 Å². The second kappa shape index (κ2) is 7.09. The summed E-state index contributed by atoms with van der Waals surface area (Å²) in [5.41, 5.74) is 1.46. The number of benzene rings is 1. The Labute approximate surface area is 118 Å². The largest absolute Gasteiger partial charge is 0.311 e. The van der Waals surface area contributed by atoms with Crippen molar-refractivity contribution in [2.45, 2.75) is 65.0 Å². The molecule has 19 heavy (non-hydrogen) atoms. The average molecular weight is 259 g/mol. The third-order valence-corrected chi connectivity index (χ3v) is 4.64. The van der Waals surface area contributed by atoms with Gasteiger partial charge in [-0.3, -0.25) is 0 Å². The van der Waals surface area contributed by atoms with E-state index in [0.717, 1.165) is 17.9 Å². The molecular weight excluding hydrogens is 230 g/mol. The summed E-state index contributed by atoms with van der Waals surface area (Å²) in [6, 6.07) is 12.2. The van der Waals surface area contributed by atoms with Gasteiger partial charge in [-0.05, 0) is 56.4 Å². The fourth-order valence-electron chi connectivity index (χ4n) is 3.39. The van der Waals surface area contributed by atoms with Crippen LogP contribution in [0.5, 0.6) is 0 Å². The molecule has 106 valence electrons. The number of aryl methyl sites for hydroxylation is 1. The van der Waals surface area contributed by atoms with E-state index in [4.69, 9.17) is 0 Å². The minimum Gasteiger partial charge on any atom is -0.311 e. The quantitative estimate of drug-likeness (QED) is 0.825. The molecular formula is C18H29N. The molecule has 1 aromatic carbocycles. The van der Waals surface area contributed by atoms with Crippen molar-refractivity contribution in [2.75, 3.05) is 0 Å². The Morgan fingerprint density at radius 2 is 1.89 bits per heavy atom. The molecule has 4 unspecified atom stereocenters. The van der Waals surface area contributed by atoms with Gasteiger partial charge in [0, 0.05) is 12.1 Å². The van der Waals surface area contributed by atoms with E-state index in [1.165, 1.54) is 37.7 Å². The van der Waals surface area contributed by atoms with Crippen molar-refractivity contribution in [3.8, 4) is 0 Å². The maximum atomic E-state index is 3.86. The Kier molecular flexibility index (Phi) is 5.45. The molecule has 2 rings (SSSR count). The van der Waals surface area contributed by atoms with Crippen LogP contribution in [0, 0.1) is 11.8 Å². The van der Waals surface area contributed by atoms with Crippen LogP contribution in [0.25, 0.3) is 0 Å². The molecule has 4 atom stereocenters. The number of hydrogen-bond acceptors (Lipinski definition) is 1. The predicted molar refractivity (Wildman–Crippen MR) is 83.3 cm³/mol. The van der Waals surface area contributed by atoms with Crippen LogP contribution < -0.4 is 5.32 Å². The van der Waals surface area contributed by atoms with Crippen LogP contribution in [0.2, 0.25) is 0 Å². The van der Waals surface area contributed by atoms with Gasteiger partial charge in [0.1, 0.15) is 0 Å². The first-order valence-corrected chi connectivity index (χ1v) is 7.95. The van der Waals surface area contributed by atoms with Crippen molar-refractivity contribution in [3.63, 3.8) is 0 Å². The zero-order valence-corrected chi connectivity index (χ0v) is 12.7. The van der Waals surface area contributed by atoms with Gasteiger partial charge in [-0.25, -0.2) is 0 Å². The summed E-state index contributed by atoms with van der Waals surface area (Å²) in [6.45, 7) is 7.15. The van der Waals surface area contributed by atoms with Gasteiger partial charge in [0.15, 0.2) is 0 Å². The van der Waals surface area contributed by atoms with Gasteiger partial charge < -0.3 is 5.32 Å². The smallest absolute Gasteiger partial charge is 0.00953 e. The SMILES string of the molecule is CC1CCC(NC(C)CCc2ccccc2)C(C)C1. The molecule has 1 saturated carbocycles. The molecule has 0 heterocycles. The van der Waals surface area contributed by atoms with E-state index >= 15 is 0 Å². The van der Waals surface area contributed by atoms with E-state index in [2.05, 4.69) is 56.4 Å². The minimum absolute atomic E-state index is 0.626. The molecule has 0 radical (unpaired) electrons. The third kappa shape index (κ3) is 4.65. The van der Waals surface area contributed by atoms with Crippen molar-refractivity contribution in [1.29, 1.82) is 0 Å². The summed E-state index contributed by atoms with van der Waals surface area (Å²) >= 11 is 0. The number of rotatable bonds is 5. The highest BCUT2D eigenvalue weighted by Gasteiger charge is 2.25. The van der Waals surface area contributed by atoms with Crippen molar-refractivity contribution < 1.29 is 0 Å². The van der Waals surface area contributed by atoms with E-state index in [1.54, 1.807) is 0 Å². The molecule has 1 N–H and O–H groups in total. The summed E-state index contributed by atoms with van der Waals surface area (Å²) in [7, 11) is 0. The molecule has 1 aliphatic rings. The summed E-state index contributed by atoms with van der Waals surface area (Å²) in [5, 5.41) is 3.86. The van der Waals surface area contributed by atoms with Crippen molar-refractivity contribution >= 4 is 0 Å². The van der Waals surface area contributed by atoms with E-state index in [9.17, 15) is 0 Å². The molecule has 1 nitrogen and oxygen atoms in total. The lowest BCUT2D eigenvalue weighted by molar-refractivity contribution is 0.214. The molecule has 1 heteroatoms. The Bertz CT molecular complexity index is 359. The maximum Gasteiger partial charge on any atom is 0.00953 e. The zero-order valence-electron chi connectivity index (χ0n) is 12.7. The van der Waals surface area contributed by atoms with Crippen LogP contribution in [0.15, 0.2) is 30.3 Å². The normalized spacial score (nSPS) is 29.1. The predicted octanol–water partition coefficient (Wildman–Crippen LogP) is 4.42. The first-order valence-electron chi connectivity index (χ1n) is 7.95. The number of nitrogens with one attached hydrogen (secondary N) is 1. The molecule has 0 bridgehead atoms. The molecule has 0 amide bonds. The molecule has 0 spiro atoms. The van der Waals surface area contributed by atoms with Crippen LogP contribution in [-0.4, -0.2) is 12.1 Å². The summed E-state index contributed by atoms with van der Waals surface area (Å²) in [5.74, 6) is 1.76. The highest BCUT2D eigenvalue weighted by atomic mass is 14.9. The Hall–Kier alpha value is -0.820. The molecule has 0 aliphatic heterocycles. The van der Waals surface area contributed by atoms with Gasteiger partial charge in [-0.15, -0.1) is 0 Å². The van der Waals surface area contributed by atoms with Crippen LogP contribution in [-0.2, 0) is 6.42 Å². The second-order valence-electron chi connectivity index (χ2n) is 6.59. The van der Waals surface area contributed by atoms with E-state index in [0.29, 0.717) is 6.04 Å². The fourth-order valence-corrected chi connectivity index (χ4v) is 3.39. The summed E-state index contributed by atoms with van der Waals surface area (Å²) in [4.78, 5) is 0. The summed E-state index contributed by atoms with van der Waals surface area (Å²) in [6.07, 6.45) is 6.57. The standard InChI is InChI=1S/C18H29N/c1-14-9-12-18(15(2)13-14)19-16(3)10-11-17-7-5-4-6-8-17/h4-8,14-16,18-19H,9-13H2,1-3H3. The van der Waals surface area contributed by atoms with Gasteiger partial charge in [-0.2, -0.15) is 0 Å². The van der Waals surface area contributed by atoms with E-state index in [1.807, 2.05) is 0 Å². The lowest BCUT2D eigenvalue weighted by Gasteiger charge is -2.35. The highest BCUT2D eigenvalue weighted by molar-refractivity contribution is 5.14. The maximum absolute atomic E-state index is 3.86. The number of hydrogen-bond donors (Lipinski definition) is 1. The third-order valence-electron chi connectivity index (χ3n) is 4.64. The van der Waals surface area contributed by atoms with E-state index < -0.39 is 0 Å². The lowest BCUT2D eigenvalue weighted by atomic mass is 9.79. The van der Waals surface area contributed by atoms with Crippen LogP contribution in [0.4, 0.5) is 0 Å². The molecule has 0 saturated heterocycles. The first kappa shape index (κ1) is 14.6. The van der Waals surface area contributed by atoms with Gasteiger partial charge in [0.2, 0.25) is 0 Å². The fraction of sp³-hybridized carbons (Fsp3) is 0.667. The molecule has 0 aromatic heterocycles.